The van der Waals surface area contributed by atoms with Crippen LogP contribution in [0.25, 0.3) is 10.8 Å². The third-order valence-electron chi connectivity index (χ3n) is 4.45. The van der Waals surface area contributed by atoms with E-state index in [2.05, 4.69) is 17.1 Å². The molecule has 1 aliphatic carbocycles. The minimum atomic E-state index is 0.125. The summed E-state index contributed by atoms with van der Waals surface area (Å²) in [6.45, 7) is 2.55. The molecule has 1 saturated carbocycles. The molecule has 4 rings (SSSR count). The summed E-state index contributed by atoms with van der Waals surface area (Å²) in [5.74, 6) is 1.46. The molecule has 0 bridgehead atoms. The van der Waals surface area contributed by atoms with Gasteiger partial charge in [-0.05, 0) is 36.8 Å². The van der Waals surface area contributed by atoms with Gasteiger partial charge in [0.15, 0.2) is 0 Å². The standard InChI is InChI=1S/C20H20N2O2S/c1-14-17(21-20(24-14)18-8-5-11-25-18)12-19(23)22(16-9-10-16)13-15-6-3-2-4-7-15/h2-8,11,16H,9-10,12-13H2,1H3. The highest BCUT2D eigenvalue weighted by Crippen LogP contribution is 2.30. The van der Waals surface area contributed by atoms with Gasteiger partial charge in [-0.1, -0.05) is 36.4 Å². The van der Waals surface area contributed by atoms with Crippen LogP contribution >= 0.6 is 11.3 Å². The molecule has 0 N–H and O–H groups in total. The van der Waals surface area contributed by atoms with Gasteiger partial charge in [-0.25, -0.2) is 4.98 Å². The number of benzene rings is 1. The molecular formula is C20H20N2O2S. The monoisotopic (exact) mass is 352 g/mol. The Morgan fingerprint density at radius 3 is 2.72 bits per heavy atom. The molecule has 4 nitrogen and oxygen atoms in total. The van der Waals surface area contributed by atoms with E-state index in [9.17, 15) is 4.79 Å². The van der Waals surface area contributed by atoms with Crippen molar-refractivity contribution in [1.29, 1.82) is 0 Å². The molecule has 2 heterocycles. The van der Waals surface area contributed by atoms with Crippen LogP contribution in [-0.2, 0) is 17.8 Å². The second-order valence-corrected chi connectivity index (χ2v) is 7.36. The molecule has 0 spiro atoms. The number of hydrogen-bond donors (Lipinski definition) is 0. The number of carbonyl (C=O) groups is 1. The molecule has 128 valence electrons. The Balaban J connectivity index is 1.50. The first-order valence-corrected chi connectivity index (χ1v) is 9.42. The van der Waals surface area contributed by atoms with Gasteiger partial charge in [0, 0.05) is 12.6 Å². The quantitative estimate of drug-likeness (QED) is 0.659. The van der Waals surface area contributed by atoms with E-state index in [0.29, 0.717) is 24.9 Å². The third-order valence-corrected chi connectivity index (χ3v) is 5.30. The van der Waals surface area contributed by atoms with Crippen molar-refractivity contribution >= 4 is 17.2 Å². The van der Waals surface area contributed by atoms with Gasteiger partial charge >= 0.3 is 0 Å². The predicted octanol–water partition coefficient (Wildman–Crippen LogP) is 4.45. The average molecular weight is 352 g/mol. The summed E-state index contributed by atoms with van der Waals surface area (Å²) in [6, 6.07) is 14.5. The van der Waals surface area contributed by atoms with Crippen LogP contribution in [0.2, 0.25) is 0 Å². The van der Waals surface area contributed by atoms with Crippen LogP contribution in [0, 0.1) is 6.92 Å². The van der Waals surface area contributed by atoms with Gasteiger partial charge in [0.25, 0.3) is 0 Å². The minimum Gasteiger partial charge on any atom is -0.440 e. The number of aryl methyl sites for hydroxylation is 1. The molecule has 0 saturated heterocycles. The number of aromatic nitrogens is 1. The Bertz CT molecular complexity index is 851. The summed E-state index contributed by atoms with van der Waals surface area (Å²) in [6.07, 6.45) is 2.48. The van der Waals surface area contributed by atoms with Gasteiger partial charge in [-0.3, -0.25) is 4.79 Å². The summed E-state index contributed by atoms with van der Waals surface area (Å²) in [4.78, 5) is 20.4. The lowest BCUT2D eigenvalue weighted by molar-refractivity contribution is -0.131. The maximum atomic E-state index is 12.9. The summed E-state index contributed by atoms with van der Waals surface area (Å²) in [5.41, 5.74) is 1.91. The molecule has 0 atom stereocenters. The Hall–Kier alpha value is -2.40. The zero-order valence-corrected chi connectivity index (χ0v) is 15.0. The zero-order chi connectivity index (χ0) is 17.2. The molecule has 25 heavy (non-hydrogen) atoms. The van der Waals surface area contributed by atoms with Crippen molar-refractivity contribution in [2.24, 2.45) is 0 Å². The molecule has 0 aliphatic heterocycles. The van der Waals surface area contributed by atoms with Crippen molar-refractivity contribution in [3.63, 3.8) is 0 Å². The maximum Gasteiger partial charge on any atom is 0.236 e. The summed E-state index contributed by atoms with van der Waals surface area (Å²) >= 11 is 1.59. The molecule has 1 amide bonds. The van der Waals surface area contributed by atoms with Crippen molar-refractivity contribution < 1.29 is 9.21 Å². The number of amides is 1. The van der Waals surface area contributed by atoms with Gasteiger partial charge in [-0.15, -0.1) is 11.3 Å². The maximum absolute atomic E-state index is 12.9. The lowest BCUT2D eigenvalue weighted by Gasteiger charge is -2.22. The van der Waals surface area contributed by atoms with Crippen molar-refractivity contribution in [2.45, 2.75) is 38.8 Å². The highest BCUT2D eigenvalue weighted by molar-refractivity contribution is 7.13. The van der Waals surface area contributed by atoms with Crippen molar-refractivity contribution in [3.8, 4) is 10.8 Å². The van der Waals surface area contributed by atoms with Gasteiger partial charge < -0.3 is 9.32 Å². The van der Waals surface area contributed by atoms with Gasteiger partial charge in [-0.2, -0.15) is 0 Å². The molecule has 5 heteroatoms. The normalized spacial score (nSPS) is 13.8. The summed E-state index contributed by atoms with van der Waals surface area (Å²) < 4.78 is 5.76. The molecule has 1 aliphatic rings. The number of oxazole rings is 1. The fourth-order valence-corrected chi connectivity index (χ4v) is 3.58. The van der Waals surface area contributed by atoms with Crippen LogP contribution in [0.5, 0.6) is 0 Å². The Morgan fingerprint density at radius 1 is 1.24 bits per heavy atom. The lowest BCUT2D eigenvalue weighted by atomic mass is 10.2. The molecule has 0 unspecified atom stereocenters. The van der Waals surface area contributed by atoms with E-state index in [1.54, 1.807) is 11.3 Å². The molecule has 1 fully saturated rings. The first kappa shape index (κ1) is 16.1. The Kier molecular flexibility index (Phi) is 4.40. The van der Waals surface area contributed by atoms with E-state index in [4.69, 9.17) is 4.42 Å². The van der Waals surface area contributed by atoms with E-state index in [-0.39, 0.29) is 5.91 Å². The first-order chi connectivity index (χ1) is 12.2. The number of thiophene rings is 1. The largest absolute Gasteiger partial charge is 0.440 e. The van der Waals surface area contributed by atoms with Gasteiger partial charge in [0.2, 0.25) is 11.8 Å². The number of carbonyl (C=O) groups excluding carboxylic acids is 1. The number of nitrogens with zero attached hydrogens (tertiary/aromatic N) is 2. The third kappa shape index (κ3) is 3.66. The predicted molar refractivity (Wildman–Crippen MR) is 98.3 cm³/mol. The lowest BCUT2D eigenvalue weighted by Crippen LogP contribution is -2.34. The van der Waals surface area contributed by atoms with Crippen molar-refractivity contribution in [3.05, 3.63) is 64.9 Å². The van der Waals surface area contributed by atoms with Crippen molar-refractivity contribution in [1.82, 2.24) is 9.88 Å². The van der Waals surface area contributed by atoms with Crippen LogP contribution in [0.1, 0.15) is 29.9 Å². The van der Waals surface area contributed by atoms with E-state index >= 15 is 0 Å². The molecule has 1 aromatic carbocycles. The fourth-order valence-electron chi connectivity index (χ4n) is 2.93. The number of hydrogen-bond acceptors (Lipinski definition) is 4. The second kappa shape index (κ2) is 6.84. The summed E-state index contributed by atoms with van der Waals surface area (Å²) in [7, 11) is 0. The van der Waals surface area contributed by atoms with Crippen molar-refractivity contribution in [2.75, 3.05) is 0 Å². The van der Waals surface area contributed by atoms with Gasteiger partial charge in [0.1, 0.15) is 5.76 Å². The van der Waals surface area contributed by atoms with Crippen LogP contribution in [0.15, 0.2) is 52.3 Å². The van der Waals surface area contributed by atoms with Crippen LogP contribution in [0.4, 0.5) is 0 Å². The highest BCUT2D eigenvalue weighted by atomic mass is 32.1. The first-order valence-electron chi connectivity index (χ1n) is 8.54. The molecular weight excluding hydrogens is 332 g/mol. The van der Waals surface area contributed by atoms with Crippen LogP contribution < -0.4 is 0 Å². The summed E-state index contributed by atoms with van der Waals surface area (Å²) in [5, 5.41) is 1.99. The van der Waals surface area contributed by atoms with E-state index in [1.165, 1.54) is 5.56 Å². The van der Waals surface area contributed by atoms with E-state index in [1.807, 2.05) is 47.5 Å². The molecule has 2 aromatic heterocycles. The Morgan fingerprint density at radius 2 is 2.04 bits per heavy atom. The van der Waals surface area contributed by atoms with E-state index < -0.39 is 0 Å². The fraction of sp³-hybridized carbons (Fsp3) is 0.300. The van der Waals surface area contributed by atoms with Gasteiger partial charge in [0.05, 0.1) is 17.0 Å². The number of rotatable bonds is 6. The highest BCUT2D eigenvalue weighted by Gasteiger charge is 2.33. The zero-order valence-electron chi connectivity index (χ0n) is 14.1. The van der Waals surface area contributed by atoms with E-state index in [0.717, 1.165) is 29.2 Å². The SMILES string of the molecule is Cc1oc(-c2cccs2)nc1CC(=O)N(Cc1ccccc1)C1CC1. The second-order valence-electron chi connectivity index (χ2n) is 6.41. The molecule has 3 aromatic rings. The average Bonchev–Trinajstić information content (AvgIpc) is 3.18. The molecule has 0 radical (unpaired) electrons. The van der Waals surface area contributed by atoms with Crippen LogP contribution in [0.3, 0.4) is 0 Å². The van der Waals surface area contributed by atoms with Crippen LogP contribution in [-0.4, -0.2) is 21.8 Å². The minimum absolute atomic E-state index is 0.125. The smallest absolute Gasteiger partial charge is 0.236 e. The topological polar surface area (TPSA) is 46.3 Å². The Labute approximate surface area is 151 Å².